The summed E-state index contributed by atoms with van der Waals surface area (Å²) in [6, 6.07) is 0. The van der Waals surface area contributed by atoms with Gasteiger partial charge in [0.1, 0.15) is 0 Å². The normalized spacial score (nSPS) is 8.33. The Labute approximate surface area is 58.3 Å². The Morgan fingerprint density at radius 2 is 2.00 bits per heavy atom. The van der Waals surface area contributed by atoms with E-state index in [1.54, 1.807) is 6.08 Å². The molecule has 0 aromatic heterocycles. The summed E-state index contributed by atoms with van der Waals surface area (Å²) < 4.78 is 0. The van der Waals surface area contributed by atoms with Crippen LogP contribution in [0.2, 0.25) is 0 Å². The number of allylic oxidation sites excluding steroid dienone is 2. The Bertz CT molecular complexity index is 82.6. The maximum absolute atomic E-state index is 5.20. The van der Waals surface area contributed by atoms with Crippen molar-refractivity contribution in [2.45, 2.75) is 27.2 Å². The lowest BCUT2D eigenvalue weighted by Gasteiger charge is -1.81. The third kappa shape index (κ3) is 18.9. The molecule has 0 fully saturated rings. The smallest absolute Gasteiger partial charge is 0.0237 e. The van der Waals surface area contributed by atoms with Crippen molar-refractivity contribution in [2.24, 2.45) is 5.73 Å². The van der Waals surface area contributed by atoms with Crippen LogP contribution in [0.3, 0.4) is 0 Å². The SMILES string of the molecule is C=C(N)/C=C\CC.CC. The van der Waals surface area contributed by atoms with Crippen LogP contribution in [0, 0.1) is 0 Å². The molecule has 0 radical (unpaired) electrons. The first-order valence-corrected chi connectivity index (χ1v) is 3.38. The molecule has 0 heterocycles. The summed E-state index contributed by atoms with van der Waals surface area (Å²) in [5.41, 5.74) is 5.82. The minimum atomic E-state index is 0.627. The van der Waals surface area contributed by atoms with Gasteiger partial charge < -0.3 is 5.73 Å². The van der Waals surface area contributed by atoms with E-state index in [2.05, 4.69) is 13.5 Å². The van der Waals surface area contributed by atoms with Crippen LogP contribution < -0.4 is 5.73 Å². The van der Waals surface area contributed by atoms with Crippen LogP contribution in [-0.2, 0) is 0 Å². The molecular weight excluding hydrogens is 110 g/mol. The predicted octanol–water partition coefficient (Wildman–Crippen LogP) is 2.45. The highest BCUT2D eigenvalue weighted by atomic mass is 14.5. The average molecular weight is 127 g/mol. The largest absolute Gasteiger partial charge is 0.399 e. The van der Waals surface area contributed by atoms with Gasteiger partial charge in [-0.15, -0.1) is 0 Å². The Morgan fingerprint density at radius 3 is 2.11 bits per heavy atom. The summed E-state index contributed by atoms with van der Waals surface area (Å²) in [5.74, 6) is 0. The van der Waals surface area contributed by atoms with E-state index in [0.717, 1.165) is 6.42 Å². The minimum Gasteiger partial charge on any atom is -0.399 e. The second-order valence-corrected chi connectivity index (χ2v) is 1.39. The molecule has 0 aliphatic heterocycles. The molecule has 54 valence electrons. The minimum absolute atomic E-state index is 0.627. The van der Waals surface area contributed by atoms with Crippen molar-refractivity contribution in [3.8, 4) is 0 Å². The van der Waals surface area contributed by atoms with Gasteiger partial charge in [0.25, 0.3) is 0 Å². The van der Waals surface area contributed by atoms with E-state index in [1.165, 1.54) is 0 Å². The van der Waals surface area contributed by atoms with Gasteiger partial charge in [0.05, 0.1) is 0 Å². The molecule has 0 aliphatic carbocycles. The maximum atomic E-state index is 5.20. The zero-order chi connectivity index (χ0) is 7.70. The molecule has 2 N–H and O–H groups in total. The van der Waals surface area contributed by atoms with Gasteiger partial charge in [-0.3, -0.25) is 0 Å². The molecule has 0 aromatic carbocycles. The first kappa shape index (κ1) is 11.1. The second kappa shape index (κ2) is 10.3. The first-order valence-electron chi connectivity index (χ1n) is 3.38. The fourth-order valence-corrected chi connectivity index (χ4v) is 0.269. The Kier molecular flexibility index (Phi) is 12.7. The number of rotatable bonds is 2. The molecular formula is C8H17N. The van der Waals surface area contributed by atoms with Gasteiger partial charge in [0.2, 0.25) is 0 Å². The molecule has 1 heteroatoms. The third-order valence-corrected chi connectivity index (χ3v) is 0.568. The van der Waals surface area contributed by atoms with Crippen LogP contribution in [0.5, 0.6) is 0 Å². The molecule has 0 spiro atoms. The molecule has 0 saturated carbocycles. The molecule has 0 aromatic rings. The quantitative estimate of drug-likeness (QED) is 0.566. The van der Waals surface area contributed by atoms with Gasteiger partial charge in [-0.25, -0.2) is 0 Å². The predicted molar refractivity (Wildman–Crippen MR) is 44.1 cm³/mol. The average Bonchev–Trinajstić information content (AvgIpc) is 1.88. The molecule has 0 rings (SSSR count). The highest BCUT2D eigenvalue weighted by molar-refractivity contribution is 5.08. The molecule has 0 atom stereocenters. The Balaban J connectivity index is 0. The van der Waals surface area contributed by atoms with Gasteiger partial charge in [-0.05, 0) is 12.5 Å². The second-order valence-electron chi connectivity index (χ2n) is 1.39. The van der Waals surface area contributed by atoms with Gasteiger partial charge in [0.15, 0.2) is 0 Å². The third-order valence-electron chi connectivity index (χ3n) is 0.568. The lowest BCUT2D eigenvalue weighted by Crippen LogP contribution is -1.87. The van der Waals surface area contributed by atoms with Crippen LogP contribution >= 0.6 is 0 Å². The first-order chi connectivity index (χ1) is 4.27. The molecule has 0 bridgehead atoms. The Hall–Kier alpha value is -0.720. The summed E-state index contributed by atoms with van der Waals surface area (Å²) in [5, 5.41) is 0. The summed E-state index contributed by atoms with van der Waals surface area (Å²) in [7, 11) is 0. The molecule has 0 unspecified atom stereocenters. The number of nitrogens with two attached hydrogens (primary N) is 1. The summed E-state index contributed by atoms with van der Waals surface area (Å²) >= 11 is 0. The highest BCUT2D eigenvalue weighted by Crippen LogP contribution is 1.82. The van der Waals surface area contributed by atoms with E-state index in [9.17, 15) is 0 Å². The number of hydrogen-bond acceptors (Lipinski definition) is 1. The fraction of sp³-hybridized carbons (Fsp3) is 0.500. The van der Waals surface area contributed by atoms with Gasteiger partial charge in [-0.2, -0.15) is 0 Å². The van der Waals surface area contributed by atoms with Crippen molar-refractivity contribution >= 4 is 0 Å². The van der Waals surface area contributed by atoms with Crippen molar-refractivity contribution in [1.29, 1.82) is 0 Å². The van der Waals surface area contributed by atoms with Crippen LogP contribution in [-0.4, -0.2) is 0 Å². The fourth-order valence-electron chi connectivity index (χ4n) is 0.269. The summed E-state index contributed by atoms with van der Waals surface area (Å²) in [6.07, 6.45) is 4.80. The van der Waals surface area contributed by atoms with Crippen LogP contribution in [0.15, 0.2) is 24.4 Å². The number of hydrogen-bond donors (Lipinski definition) is 1. The monoisotopic (exact) mass is 127 g/mol. The van der Waals surface area contributed by atoms with Gasteiger partial charge >= 0.3 is 0 Å². The van der Waals surface area contributed by atoms with Crippen LogP contribution in [0.25, 0.3) is 0 Å². The lowest BCUT2D eigenvalue weighted by atomic mass is 10.4. The van der Waals surface area contributed by atoms with E-state index >= 15 is 0 Å². The van der Waals surface area contributed by atoms with E-state index < -0.39 is 0 Å². The van der Waals surface area contributed by atoms with E-state index in [-0.39, 0.29) is 0 Å². The van der Waals surface area contributed by atoms with Crippen molar-refractivity contribution < 1.29 is 0 Å². The van der Waals surface area contributed by atoms with Crippen LogP contribution in [0.1, 0.15) is 27.2 Å². The molecule has 0 amide bonds. The topological polar surface area (TPSA) is 26.0 Å². The van der Waals surface area contributed by atoms with E-state index in [4.69, 9.17) is 5.73 Å². The van der Waals surface area contributed by atoms with E-state index in [0.29, 0.717) is 5.70 Å². The highest BCUT2D eigenvalue weighted by Gasteiger charge is 1.67. The molecule has 9 heavy (non-hydrogen) atoms. The summed E-state index contributed by atoms with van der Waals surface area (Å²) in [4.78, 5) is 0. The summed E-state index contributed by atoms with van der Waals surface area (Å²) in [6.45, 7) is 9.54. The standard InChI is InChI=1S/C6H11N.C2H6/c1-3-4-5-6(2)7;1-2/h4-5H,2-3,7H2,1H3;1-2H3/b5-4-;. The van der Waals surface area contributed by atoms with Crippen molar-refractivity contribution in [2.75, 3.05) is 0 Å². The van der Waals surface area contributed by atoms with Gasteiger partial charge in [-0.1, -0.05) is 33.4 Å². The zero-order valence-electron chi connectivity index (χ0n) is 6.65. The van der Waals surface area contributed by atoms with Crippen molar-refractivity contribution in [3.05, 3.63) is 24.4 Å². The molecule has 0 aliphatic rings. The lowest BCUT2D eigenvalue weighted by molar-refractivity contribution is 1.21. The van der Waals surface area contributed by atoms with Crippen LogP contribution in [0.4, 0.5) is 0 Å². The van der Waals surface area contributed by atoms with Gasteiger partial charge in [0, 0.05) is 5.70 Å². The zero-order valence-corrected chi connectivity index (χ0v) is 6.65. The van der Waals surface area contributed by atoms with E-state index in [1.807, 2.05) is 19.9 Å². The molecule has 1 nitrogen and oxygen atoms in total. The van der Waals surface area contributed by atoms with Crippen molar-refractivity contribution in [3.63, 3.8) is 0 Å². The Morgan fingerprint density at radius 1 is 1.56 bits per heavy atom. The molecule has 0 saturated heterocycles. The van der Waals surface area contributed by atoms with Crippen molar-refractivity contribution in [1.82, 2.24) is 0 Å². The maximum Gasteiger partial charge on any atom is 0.0237 e.